The van der Waals surface area contributed by atoms with E-state index in [1.54, 1.807) is 42.6 Å². The molecule has 92 valence electrons. The van der Waals surface area contributed by atoms with Gasteiger partial charge in [0.2, 0.25) is 11.8 Å². The number of nitrogens with two attached hydrogens (primary N) is 1. The SMILES string of the molecule is NC(=O)c1ccc(Oc2ncccc2CO)cc1. The van der Waals surface area contributed by atoms with Crippen LogP contribution in [0.1, 0.15) is 15.9 Å². The van der Waals surface area contributed by atoms with Gasteiger partial charge in [0.15, 0.2) is 0 Å². The van der Waals surface area contributed by atoms with Gasteiger partial charge in [0, 0.05) is 17.3 Å². The minimum Gasteiger partial charge on any atom is -0.439 e. The molecule has 1 amide bonds. The summed E-state index contributed by atoms with van der Waals surface area (Å²) in [7, 11) is 0. The second kappa shape index (κ2) is 5.29. The topological polar surface area (TPSA) is 85.4 Å². The number of hydrogen-bond acceptors (Lipinski definition) is 4. The molecular formula is C13H12N2O3. The lowest BCUT2D eigenvalue weighted by Crippen LogP contribution is -2.10. The number of carbonyl (C=O) groups excluding carboxylic acids is 1. The van der Waals surface area contributed by atoms with E-state index in [1.165, 1.54) is 0 Å². The molecule has 0 fully saturated rings. The van der Waals surface area contributed by atoms with Gasteiger partial charge in [0.05, 0.1) is 6.61 Å². The summed E-state index contributed by atoms with van der Waals surface area (Å²) in [6.07, 6.45) is 1.58. The van der Waals surface area contributed by atoms with E-state index >= 15 is 0 Å². The van der Waals surface area contributed by atoms with Crippen molar-refractivity contribution in [2.45, 2.75) is 6.61 Å². The summed E-state index contributed by atoms with van der Waals surface area (Å²) < 4.78 is 5.51. The third-order valence-electron chi connectivity index (χ3n) is 2.37. The van der Waals surface area contributed by atoms with Crippen molar-refractivity contribution in [3.05, 3.63) is 53.7 Å². The van der Waals surface area contributed by atoms with Crippen LogP contribution >= 0.6 is 0 Å². The number of pyridine rings is 1. The fraction of sp³-hybridized carbons (Fsp3) is 0.0769. The number of hydrogen-bond donors (Lipinski definition) is 2. The Morgan fingerprint density at radius 1 is 1.28 bits per heavy atom. The highest BCUT2D eigenvalue weighted by Gasteiger charge is 2.06. The van der Waals surface area contributed by atoms with Crippen LogP contribution in [0.5, 0.6) is 11.6 Å². The highest BCUT2D eigenvalue weighted by atomic mass is 16.5. The van der Waals surface area contributed by atoms with Gasteiger partial charge in [0.1, 0.15) is 5.75 Å². The lowest BCUT2D eigenvalue weighted by Gasteiger charge is -2.08. The van der Waals surface area contributed by atoms with Crippen LogP contribution in [0, 0.1) is 0 Å². The summed E-state index contributed by atoms with van der Waals surface area (Å²) in [4.78, 5) is 14.9. The Morgan fingerprint density at radius 2 is 2.00 bits per heavy atom. The second-order valence-electron chi connectivity index (χ2n) is 3.62. The summed E-state index contributed by atoms with van der Waals surface area (Å²) in [6.45, 7) is -0.150. The predicted molar refractivity (Wildman–Crippen MR) is 65.2 cm³/mol. The molecule has 0 bridgehead atoms. The van der Waals surface area contributed by atoms with E-state index in [2.05, 4.69) is 4.98 Å². The number of ether oxygens (including phenoxy) is 1. The number of primary amides is 1. The Morgan fingerprint density at radius 3 is 2.61 bits per heavy atom. The molecule has 0 aliphatic heterocycles. The Kier molecular flexibility index (Phi) is 3.54. The molecule has 18 heavy (non-hydrogen) atoms. The summed E-state index contributed by atoms with van der Waals surface area (Å²) in [5, 5.41) is 9.13. The molecule has 1 heterocycles. The average molecular weight is 244 g/mol. The fourth-order valence-electron chi connectivity index (χ4n) is 1.44. The summed E-state index contributed by atoms with van der Waals surface area (Å²) in [5.74, 6) is 0.371. The van der Waals surface area contributed by atoms with Gasteiger partial charge >= 0.3 is 0 Å². The molecule has 3 N–H and O–H groups in total. The molecule has 0 unspecified atom stereocenters. The van der Waals surface area contributed by atoms with Crippen molar-refractivity contribution in [1.29, 1.82) is 0 Å². The molecule has 5 heteroatoms. The molecule has 0 radical (unpaired) electrons. The largest absolute Gasteiger partial charge is 0.439 e. The third kappa shape index (κ3) is 2.64. The van der Waals surface area contributed by atoms with E-state index in [0.29, 0.717) is 22.8 Å². The Hall–Kier alpha value is -2.40. The molecule has 0 saturated carbocycles. The van der Waals surface area contributed by atoms with Gasteiger partial charge in [-0.2, -0.15) is 0 Å². The molecule has 0 atom stereocenters. The van der Waals surface area contributed by atoms with Crippen LogP contribution in [0.2, 0.25) is 0 Å². The zero-order valence-electron chi connectivity index (χ0n) is 9.54. The molecule has 2 aromatic rings. The first-order valence-electron chi connectivity index (χ1n) is 5.33. The van der Waals surface area contributed by atoms with E-state index in [9.17, 15) is 4.79 Å². The molecule has 0 aliphatic rings. The second-order valence-corrected chi connectivity index (χ2v) is 3.62. The lowest BCUT2D eigenvalue weighted by atomic mass is 10.2. The summed E-state index contributed by atoms with van der Waals surface area (Å²) >= 11 is 0. The first-order chi connectivity index (χ1) is 8.70. The van der Waals surface area contributed by atoms with Gasteiger partial charge in [-0.1, -0.05) is 0 Å². The monoisotopic (exact) mass is 244 g/mol. The third-order valence-corrected chi connectivity index (χ3v) is 2.37. The number of benzene rings is 1. The van der Waals surface area contributed by atoms with Crippen molar-refractivity contribution in [3.8, 4) is 11.6 Å². The summed E-state index contributed by atoms with van der Waals surface area (Å²) in [6, 6.07) is 9.82. The molecular weight excluding hydrogens is 232 g/mol. The van der Waals surface area contributed by atoms with Crippen molar-refractivity contribution in [1.82, 2.24) is 4.98 Å². The van der Waals surface area contributed by atoms with E-state index < -0.39 is 5.91 Å². The average Bonchev–Trinajstić information content (AvgIpc) is 2.40. The van der Waals surface area contributed by atoms with Crippen LogP contribution < -0.4 is 10.5 Å². The van der Waals surface area contributed by atoms with Gasteiger partial charge in [-0.3, -0.25) is 4.79 Å². The normalized spacial score (nSPS) is 10.1. The Labute approximate surface area is 104 Å². The summed E-state index contributed by atoms with van der Waals surface area (Å²) in [5.41, 5.74) is 6.14. The maximum Gasteiger partial charge on any atom is 0.248 e. The van der Waals surface area contributed by atoms with Crippen LogP contribution in [0.4, 0.5) is 0 Å². The number of nitrogens with zero attached hydrogens (tertiary/aromatic N) is 1. The van der Waals surface area contributed by atoms with Gasteiger partial charge in [-0.05, 0) is 36.4 Å². The van der Waals surface area contributed by atoms with Crippen molar-refractivity contribution in [2.24, 2.45) is 5.73 Å². The maximum atomic E-state index is 10.9. The molecule has 0 spiro atoms. The standard InChI is InChI=1S/C13H12N2O3/c14-12(17)9-3-5-11(6-4-9)18-13-10(8-16)2-1-7-15-13/h1-7,16H,8H2,(H2,14,17). The molecule has 1 aromatic carbocycles. The molecule has 5 nitrogen and oxygen atoms in total. The number of aliphatic hydroxyl groups excluding tert-OH is 1. The molecule has 0 saturated heterocycles. The van der Waals surface area contributed by atoms with Crippen molar-refractivity contribution >= 4 is 5.91 Å². The maximum absolute atomic E-state index is 10.9. The smallest absolute Gasteiger partial charge is 0.248 e. The van der Waals surface area contributed by atoms with Crippen molar-refractivity contribution < 1.29 is 14.6 Å². The Bertz CT molecular complexity index is 552. The van der Waals surface area contributed by atoms with Crippen LogP contribution in [0.25, 0.3) is 0 Å². The predicted octanol–water partition coefficient (Wildman–Crippen LogP) is 1.47. The number of rotatable bonds is 4. The lowest BCUT2D eigenvalue weighted by molar-refractivity contribution is 0.100. The number of carbonyl (C=O) groups is 1. The number of amides is 1. The van der Waals surface area contributed by atoms with Crippen LogP contribution in [0.3, 0.4) is 0 Å². The van der Waals surface area contributed by atoms with Crippen molar-refractivity contribution in [2.75, 3.05) is 0 Å². The van der Waals surface area contributed by atoms with Crippen LogP contribution in [0.15, 0.2) is 42.6 Å². The molecule has 0 aliphatic carbocycles. The van der Waals surface area contributed by atoms with Gasteiger partial charge in [-0.25, -0.2) is 4.98 Å². The number of aromatic nitrogens is 1. The first kappa shape index (κ1) is 12.1. The highest BCUT2D eigenvalue weighted by molar-refractivity contribution is 5.92. The van der Waals surface area contributed by atoms with Crippen LogP contribution in [-0.2, 0) is 6.61 Å². The van der Waals surface area contributed by atoms with E-state index in [-0.39, 0.29) is 6.61 Å². The van der Waals surface area contributed by atoms with E-state index in [0.717, 1.165) is 0 Å². The molecule has 2 rings (SSSR count). The minimum atomic E-state index is -0.490. The number of aliphatic hydroxyl groups is 1. The van der Waals surface area contributed by atoms with Crippen LogP contribution in [-0.4, -0.2) is 16.0 Å². The zero-order chi connectivity index (χ0) is 13.0. The Balaban J connectivity index is 2.21. The van der Waals surface area contributed by atoms with Gasteiger partial charge in [0.25, 0.3) is 0 Å². The fourth-order valence-corrected chi connectivity index (χ4v) is 1.44. The first-order valence-corrected chi connectivity index (χ1v) is 5.33. The zero-order valence-corrected chi connectivity index (χ0v) is 9.54. The quantitative estimate of drug-likeness (QED) is 0.852. The van der Waals surface area contributed by atoms with Gasteiger partial charge < -0.3 is 15.6 Å². The van der Waals surface area contributed by atoms with E-state index in [4.69, 9.17) is 15.6 Å². The van der Waals surface area contributed by atoms with E-state index in [1.807, 2.05) is 0 Å². The minimum absolute atomic E-state index is 0.150. The highest BCUT2D eigenvalue weighted by Crippen LogP contribution is 2.22. The van der Waals surface area contributed by atoms with Crippen molar-refractivity contribution in [3.63, 3.8) is 0 Å². The van der Waals surface area contributed by atoms with Gasteiger partial charge in [-0.15, -0.1) is 0 Å². The molecule has 1 aromatic heterocycles.